The van der Waals surface area contributed by atoms with E-state index < -0.39 is 0 Å². The van der Waals surface area contributed by atoms with E-state index in [0.717, 1.165) is 49.2 Å². The first-order chi connectivity index (χ1) is 31.7. The molecule has 2 aliphatic rings. The van der Waals surface area contributed by atoms with Gasteiger partial charge in [0, 0.05) is 17.1 Å². The minimum atomic E-state index is 1.03. The summed E-state index contributed by atoms with van der Waals surface area (Å²) >= 11 is 0. The molecule has 1 heteroatoms. The minimum absolute atomic E-state index is 1.03. The summed E-state index contributed by atoms with van der Waals surface area (Å²) in [5.74, 6) is 0. The van der Waals surface area contributed by atoms with Gasteiger partial charge in [0.15, 0.2) is 0 Å². The monoisotopic (exact) mass is 823 g/mol. The Kier molecular flexibility index (Phi) is 10.8. The van der Waals surface area contributed by atoms with Gasteiger partial charge >= 0.3 is 0 Å². The smallest absolute Gasteiger partial charge is 0.0462 e. The van der Waals surface area contributed by atoms with Crippen molar-refractivity contribution in [1.82, 2.24) is 0 Å². The third-order valence-corrected chi connectivity index (χ3v) is 13.9. The van der Waals surface area contributed by atoms with Gasteiger partial charge < -0.3 is 4.90 Å². The van der Waals surface area contributed by atoms with Gasteiger partial charge in [-0.15, -0.1) is 0 Å². The summed E-state index contributed by atoms with van der Waals surface area (Å²) in [4.78, 5) is 2.39. The Bertz CT molecular complexity index is 3090. The van der Waals surface area contributed by atoms with Crippen LogP contribution in [0.4, 0.5) is 17.1 Å². The molecule has 0 aromatic heterocycles. The topological polar surface area (TPSA) is 3.24 Å². The molecule has 1 saturated carbocycles. The lowest BCUT2D eigenvalue weighted by atomic mass is 9.76. The van der Waals surface area contributed by atoms with E-state index in [9.17, 15) is 0 Å². The highest BCUT2D eigenvalue weighted by atomic mass is 15.1. The van der Waals surface area contributed by atoms with Crippen LogP contribution < -0.4 is 4.90 Å². The molecule has 0 radical (unpaired) electrons. The van der Waals surface area contributed by atoms with Gasteiger partial charge in [0.05, 0.1) is 0 Å². The summed E-state index contributed by atoms with van der Waals surface area (Å²) in [6.45, 7) is 4.87. The van der Waals surface area contributed by atoms with E-state index in [1.807, 2.05) is 0 Å². The summed E-state index contributed by atoms with van der Waals surface area (Å²) in [6, 6.07) is 74.0. The fraction of sp³-hybridized carbons (Fsp3) is 0.143. The Morgan fingerprint density at radius 1 is 0.281 bits per heavy atom. The molecule has 64 heavy (non-hydrogen) atoms. The summed E-state index contributed by atoms with van der Waals surface area (Å²) in [7, 11) is 0. The Morgan fingerprint density at radius 3 is 1.19 bits per heavy atom. The molecule has 0 bridgehead atoms. The minimum Gasteiger partial charge on any atom is -0.311 e. The van der Waals surface area contributed by atoms with E-state index in [2.05, 4.69) is 205 Å². The lowest BCUT2D eigenvalue weighted by Crippen LogP contribution is -2.10. The zero-order valence-electron chi connectivity index (χ0n) is 36.6. The Balaban J connectivity index is 1.02. The summed E-state index contributed by atoms with van der Waals surface area (Å²) in [5.41, 5.74) is 18.2. The molecule has 0 atom stereocenters. The van der Waals surface area contributed by atoms with Gasteiger partial charge in [0.25, 0.3) is 0 Å². The Morgan fingerprint density at radius 2 is 0.656 bits per heavy atom. The third kappa shape index (κ3) is 7.56. The first kappa shape index (κ1) is 39.6. The van der Waals surface area contributed by atoms with Crippen LogP contribution in [0.15, 0.2) is 223 Å². The Hall–Kier alpha value is -7.22. The van der Waals surface area contributed by atoms with Gasteiger partial charge in [-0.1, -0.05) is 171 Å². The molecular weight excluding hydrogens is 771 g/mol. The molecule has 1 nitrogen and oxygen atoms in total. The summed E-state index contributed by atoms with van der Waals surface area (Å²) in [5, 5.41) is 8.02. The van der Waals surface area contributed by atoms with Gasteiger partial charge in [0.2, 0.25) is 0 Å². The van der Waals surface area contributed by atoms with Crippen molar-refractivity contribution >= 4 is 60.5 Å². The number of benzene rings is 9. The molecule has 0 amide bonds. The Labute approximate surface area is 378 Å². The van der Waals surface area contributed by atoms with Crippen molar-refractivity contribution < 1.29 is 0 Å². The van der Waals surface area contributed by atoms with Crippen LogP contribution in [0.2, 0.25) is 0 Å². The van der Waals surface area contributed by atoms with Crippen molar-refractivity contribution in [2.75, 3.05) is 4.90 Å². The van der Waals surface area contributed by atoms with Gasteiger partial charge in [-0.3, -0.25) is 0 Å². The predicted molar refractivity (Wildman–Crippen MR) is 275 cm³/mol. The van der Waals surface area contributed by atoms with Crippen molar-refractivity contribution in [2.45, 2.75) is 57.8 Å². The van der Waals surface area contributed by atoms with Crippen molar-refractivity contribution in [1.29, 1.82) is 0 Å². The zero-order valence-corrected chi connectivity index (χ0v) is 36.6. The SMILES string of the molecule is C=C1CCCCC/C(c2ccc3c4ccccc4c4ccccc4c3c2)=C2/CCCC/C2=C/1c1ccc(N(c2ccc(-c3ccccc3)cc2)c2ccc(-c3ccccc3)cc2)cc1. The number of hydrogen-bond donors (Lipinski definition) is 0. The molecule has 0 aliphatic heterocycles. The van der Waals surface area contributed by atoms with Crippen molar-refractivity contribution in [3.05, 3.63) is 235 Å². The lowest BCUT2D eigenvalue weighted by molar-refractivity contribution is 0.662. The highest BCUT2D eigenvalue weighted by Gasteiger charge is 2.25. The number of fused-ring (bicyclic) bond motifs is 7. The third-order valence-electron chi connectivity index (χ3n) is 13.9. The first-order valence-corrected chi connectivity index (χ1v) is 23.4. The standard InChI is InChI=1S/C63H53N/c1-44-17-5-2-10-22-54(50-35-42-60-58-26-12-11-24-56(58)57-25-13-14-27-59(57)62(60)43-50)55-23-15-16-28-61(55)63(44)49-33-40-53(41-34-49)64(51-36-29-47(30-37-51)45-18-6-3-7-19-45)52-38-31-48(32-39-52)46-20-8-4-9-21-46/h3-4,6-9,11-14,18-21,24-27,29-43H,1-2,5,10,15-17,22-23,28H2/b55-54+,63-61+. The fourth-order valence-corrected chi connectivity index (χ4v) is 10.7. The lowest BCUT2D eigenvalue weighted by Gasteiger charge is -2.29. The molecule has 9 aromatic carbocycles. The van der Waals surface area contributed by atoms with Crippen LogP contribution in [0, 0.1) is 0 Å². The second-order valence-electron chi connectivity index (χ2n) is 17.7. The number of rotatable bonds is 7. The van der Waals surface area contributed by atoms with E-state index in [-0.39, 0.29) is 0 Å². The van der Waals surface area contributed by atoms with Crippen molar-refractivity contribution in [3.8, 4) is 22.3 Å². The maximum Gasteiger partial charge on any atom is 0.0462 e. The molecule has 0 spiro atoms. The second kappa shape index (κ2) is 17.5. The summed E-state index contributed by atoms with van der Waals surface area (Å²) < 4.78 is 0. The van der Waals surface area contributed by atoms with Crippen LogP contribution in [-0.4, -0.2) is 0 Å². The van der Waals surface area contributed by atoms with Gasteiger partial charge in [0.1, 0.15) is 0 Å². The highest BCUT2D eigenvalue weighted by Crippen LogP contribution is 2.46. The number of allylic oxidation sites excluding steroid dienone is 5. The number of nitrogens with zero attached hydrogens (tertiary/aromatic N) is 1. The maximum atomic E-state index is 4.87. The molecule has 9 aromatic rings. The van der Waals surface area contributed by atoms with E-state index in [1.165, 1.54) is 108 Å². The molecule has 0 heterocycles. The van der Waals surface area contributed by atoms with Crippen molar-refractivity contribution in [3.63, 3.8) is 0 Å². The van der Waals surface area contributed by atoms with Crippen LogP contribution in [0.1, 0.15) is 68.9 Å². The molecule has 310 valence electrons. The molecule has 0 N–H and O–H groups in total. The average molecular weight is 824 g/mol. The van der Waals surface area contributed by atoms with Gasteiger partial charge in [-0.2, -0.15) is 0 Å². The normalized spacial score (nSPS) is 17.1. The van der Waals surface area contributed by atoms with E-state index >= 15 is 0 Å². The van der Waals surface area contributed by atoms with Crippen molar-refractivity contribution in [2.24, 2.45) is 0 Å². The quantitative estimate of drug-likeness (QED) is 0.145. The summed E-state index contributed by atoms with van der Waals surface area (Å²) in [6.07, 6.45) is 10.3. The van der Waals surface area contributed by atoms with Crippen LogP contribution >= 0.6 is 0 Å². The second-order valence-corrected chi connectivity index (χ2v) is 17.7. The molecule has 11 rings (SSSR count). The van der Waals surface area contributed by atoms with E-state index in [4.69, 9.17) is 6.58 Å². The zero-order chi connectivity index (χ0) is 42.8. The maximum absolute atomic E-state index is 4.87. The molecule has 2 aliphatic carbocycles. The first-order valence-electron chi connectivity index (χ1n) is 23.4. The predicted octanol–water partition coefficient (Wildman–Crippen LogP) is 18.3. The van der Waals surface area contributed by atoms with Gasteiger partial charge in [-0.05, 0) is 187 Å². The van der Waals surface area contributed by atoms with Crippen LogP contribution in [0.25, 0.3) is 65.7 Å². The number of hydrogen-bond acceptors (Lipinski definition) is 1. The highest BCUT2D eigenvalue weighted by molar-refractivity contribution is 6.25. The molecule has 0 saturated heterocycles. The van der Waals surface area contributed by atoms with E-state index in [0.29, 0.717) is 0 Å². The van der Waals surface area contributed by atoms with Crippen LogP contribution in [0.5, 0.6) is 0 Å². The number of anilines is 3. The van der Waals surface area contributed by atoms with Crippen LogP contribution in [-0.2, 0) is 0 Å². The molecular formula is C63H53N. The van der Waals surface area contributed by atoms with Gasteiger partial charge in [-0.25, -0.2) is 0 Å². The largest absolute Gasteiger partial charge is 0.311 e. The molecule has 0 unspecified atom stereocenters. The van der Waals surface area contributed by atoms with Crippen LogP contribution in [0.3, 0.4) is 0 Å². The average Bonchev–Trinajstić information content (AvgIpc) is 3.37. The fourth-order valence-electron chi connectivity index (χ4n) is 10.7. The molecule has 1 fully saturated rings. The van der Waals surface area contributed by atoms with E-state index in [1.54, 1.807) is 11.1 Å².